The summed E-state index contributed by atoms with van der Waals surface area (Å²) in [6.45, 7) is 6.11. The number of hydrogen-bond donors (Lipinski definition) is 2. The van der Waals surface area contributed by atoms with Gasteiger partial charge >= 0.3 is 0 Å². The van der Waals surface area contributed by atoms with E-state index in [0.29, 0.717) is 4.91 Å². The summed E-state index contributed by atoms with van der Waals surface area (Å²) in [4.78, 5) is 0.687. The molecule has 0 aromatic heterocycles. The number of hydrogen-bond acceptors (Lipinski definition) is 2. The van der Waals surface area contributed by atoms with Crippen LogP contribution in [-0.4, -0.2) is 6.21 Å². The number of thiol groups is 1. The van der Waals surface area contributed by atoms with Crippen molar-refractivity contribution in [2.45, 2.75) is 20.8 Å². The van der Waals surface area contributed by atoms with Gasteiger partial charge in [-0.2, -0.15) is 0 Å². The topological polar surface area (TPSA) is 23.9 Å². The van der Waals surface area contributed by atoms with Crippen LogP contribution in [0.25, 0.3) is 5.57 Å². The first kappa shape index (κ1) is 12.8. The third-order valence-corrected chi connectivity index (χ3v) is 2.80. The molecule has 1 aromatic rings. The maximum atomic E-state index is 7.30. The van der Waals surface area contributed by atoms with Crippen LogP contribution in [0.15, 0.2) is 35.3 Å². The van der Waals surface area contributed by atoms with Crippen LogP contribution in [0.3, 0.4) is 0 Å². The minimum Gasteiger partial charge on any atom is -0.308 e. The third kappa shape index (κ3) is 2.86. The van der Waals surface area contributed by atoms with Crippen LogP contribution in [0, 0.1) is 19.3 Å². The van der Waals surface area contributed by atoms with Gasteiger partial charge in [0.2, 0.25) is 0 Å². The largest absolute Gasteiger partial charge is 0.308 e. The van der Waals surface area contributed by atoms with Crippen molar-refractivity contribution in [1.82, 2.24) is 0 Å². The summed E-state index contributed by atoms with van der Waals surface area (Å²) in [6, 6.07) is 6.32. The number of aryl methyl sites for hydroxylation is 2. The summed E-state index contributed by atoms with van der Waals surface area (Å²) in [6.07, 6.45) is 5.24. The molecule has 16 heavy (non-hydrogen) atoms. The van der Waals surface area contributed by atoms with E-state index in [2.05, 4.69) is 44.7 Å². The molecule has 0 aliphatic rings. The molecule has 1 N–H and O–H groups in total. The summed E-state index contributed by atoms with van der Waals surface area (Å²) >= 11 is 4.34. The molecule has 2 heteroatoms. The molecule has 1 aromatic carbocycles. The summed E-state index contributed by atoms with van der Waals surface area (Å²) in [5, 5.41) is 7.30. The van der Waals surface area contributed by atoms with Crippen LogP contribution in [0.2, 0.25) is 0 Å². The average Bonchev–Trinajstić information content (AvgIpc) is 2.28. The number of rotatable bonds is 3. The van der Waals surface area contributed by atoms with Crippen molar-refractivity contribution >= 4 is 24.4 Å². The number of allylic oxidation sites excluding steroid dienone is 4. The predicted molar refractivity (Wildman–Crippen MR) is 75.4 cm³/mol. The van der Waals surface area contributed by atoms with Crippen molar-refractivity contribution < 1.29 is 0 Å². The predicted octanol–water partition coefficient (Wildman–Crippen LogP) is 4.17. The molecule has 0 amide bonds. The molecule has 0 atom stereocenters. The molecule has 0 unspecified atom stereocenters. The molecule has 0 heterocycles. The zero-order chi connectivity index (χ0) is 12.1. The van der Waals surface area contributed by atoms with Crippen molar-refractivity contribution in [1.29, 1.82) is 5.41 Å². The molecule has 0 bridgehead atoms. The molecule has 1 nitrogen and oxygen atoms in total. The van der Waals surface area contributed by atoms with Crippen molar-refractivity contribution in [3.05, 3.63) is 51.9 Å². The first-order valence-electron chi connectivity index (χ1n) is 5.24. The van der Waals surface area contributed by atoms with Crippen molar-refractivity contribution in [3.8, 4) is 0 Å². The van der Waals surface area contributed by atoms with E-state index in [1.165, 1.54) is 17.3 Å². The summed E-state index contributed by atoms with van der Waals surface area (Å²) in [5.41, 5.74) is 4.56. The van der Waals surface area contributed by atoms with E-state index in [1.54, 1.807) is 0 Å². The molecule has 0 saturated carbocycles. The molecule has 1 rings (SSSR count). The molecular formula is C14H17NS. The van der Waals surface area contributed by atoms with Gasteiger partial charge in [0.05, 0.1) is 0 Å². The highest BCUT2D eigenvalue weighted by Gasteiger charge is 2.05. The van der Waals surface area contributed by atoms with Gasteiger partial charge < -0.3 is 5.41 Å². The van der Waals surface area contributed by atoms with Crippen LogP contribution in [-0.2, 0) is 0 Å². The van der Waals surface area contributed by atoms with Gasteiger partial charge in [0.15, 0.2) is 0 Å². The van der Waals surface area contributed by atoms with Crippen molar-refractivity contribution in [3.63, 3.8) is 0 Å². The Labute approximate surface area is 103 Å². The van der Waals surface area contributed by atoms with E-state index < -0.39 is 0 Å². The van der Waals surface area contributed by atoms with E-state index in [-0.39, 0.29) is 0 Å². The second-order valence-corrected chi connectivity index (χ2v) is 4.24. The second-order valence-electron chi connectivity index (χ2n) is 3.76. The standard InChI is InChI=1S/C14H17NS/c1-4-5-12(14(16)9-15)13-8-10(2)6-7-11(13)3/h4-9,15-16H,1-3H3/b5-4-,14-12-,15-9?. The average molecular weight is 231 g/mol. The quantitative estimate of drug-likeness (QED) is 0.443. The van der Waals surface area contributed by atoms with Gasteiger partial charge in [0, 0.05) is 11.1 Å². The van der Waals surface area contributed by atoms with Crippen LogP contribution >= 0.6 is 12.6 Å². The van der Waals surface area contributed by atoms with Gasteiger partial charge in [-0.1, -0.05) is 35.9 Å². The first-order chi connectivity index (χ1) is 7.60. The number of nitrogens with one attached hydrogen (secondary N) is 1. The Bertz CT molecular complexity index is 456. The van der Waals surface area contributed by atoms with E-state index in [1.807, 2.05) is 19.1 Å². The molecule has 0 aliphatic carbocycles. The zero-order valence-corrected chi connectivity index (χ0v) is 10.8. The highest BCUT2D eigenvalue weighted by molar-refractivity contribution is 7.85. The monoisotopic (exact) mass is 231 g/mol. The van der Waals surface area contributed by atoms with Crippen molar-refractivity contribution in [2.75, 3.05) is 0 Å². The molecule has 84 valence electrons. The van der Waals surface area contributed by atoms with Crippen LogP contribution in [0.4, 0.5) is 0 Å². The molecule has 0 spiro atoms. The van der Waals surface area contributed by atoms with Gasteiger partial charge in [0.1, 0.15) is 0 Å². The fourth-order valence-electron chi connectivity index (χ4n) is 1.58. The van der Waals surface area contributed by atoms with Gasteiger partial charge in [-0.05, 0) is 37.5 Å². The maximum absolute atomic E-state index is 7.30. The zero-order valence-electron chi connectivity index (χ0n) is 9.91. The second kappa shape index (κ2) is 5.71. The lowest BCUT2D eigenvalue weighted by Gasteiger charge is -2.09. The lowest BCUT2D eigenvalue weighted by molar-refractivity contribution is 1.36. The van der Waals surface area contributed by atoms with Crippen LogP contribution < -0.4 is 0 Å². The summed E-state index contributed by atoms with van der Waals surface area (Å²) in [5.74, 6) is 0. The van der Waals surface area contributed by atoms with Crippen LogP contribution in [0.1, 0.15) is 23.6 Å². The normalized spacial score (nSPS) is 12.8. The Kier molecular flexibility index (Phi) is 4.56. The smallest absolute Gasteiger partial charge is 0.0317 e. The molecule has 0 saturated heterocycles. The van der Waals surface area contributed by atoms with E-state index in [9.17, 15) is 0 Å². The molecule has 0 fully saturated rings. The highest BCUT2D eigenvalue weighted by atomic mass is 32.1. The minimum atomic E-state index is 0.687. The lowest BCUT2D eigenvalue weighted by atomic mass is 9.97. The Morgan fingerprint density at radius 3 is 2.56 bits per heavy atom. The molecular weight excluding hydrogens is 214 g/mol. The van der Waals surface area contributed by atoms with Gasteiger partial charge in [-0.3, -0.25) is 0 Å². The highest BCUT2D eigenvalue weighted by Crippen LogP contribution is 2.25. The number of benzene rings is 1. The minimum absolute atomic E-state index is 0.687. The molecule has 0 radical (unpaired) electrons. The Morgan fingerprint density at radius 2 is 2.00 bits per heavy atom. The fraction of sp³-hybridized carbons (Fsp3) is 0.214. The SMILES string of the molecule is C/C=C\C(=C(\S)C=N)c1cc(C)ccc1C. The summed E-state index contributed by atoms with van der Waals surface area (Å²) in [7, 11) is 0. The Hall–Kier alpha value is -1.28. The first-order valence-corrected chi connectivity index (χ1v) is 5.69. The lowest BCUT2D eigenvalue weighted by Crippen LogP contribution is -1.91. The van der Waals surface area contributed by atoms with E-state index >= 15 is 0 Å². The Morgan fingerprint density at radius 1 is 1.31 bits per heavy atom. The van der Waals surface area contributed by atoms with Gasteiger partial charge in [-0.25, -0.2) is 0 Å². The molecule has 0 aliphatic heterocycles. The summed E-state index contributed by atoms with van der Waals surface area (Å²) < 4.78 is 0. The van der Waals surface area contributed by atoms with E-state index in [4.69, 9.17) is 5.41 Å². The fourth-order valence-corrected chi connectivity index (χ4v) is 1.78. The van der Waals surface area contributed by atoms with Crippen molar-refractivity contribution in [2.24, 2.45) is 0 Å². The van der Waals surface area contributed by atoms with Crippen LogP contribution in [0.5, 0.6) is 0 Å². The third-order valence-electron chi connectivity index (χ3n) is 2.43. The Balaban J connectivity index is 3.43. The maximum Gasteiger partial charge on any atom is 0.0317 e. The van der Waals surface area contributed by atoms with Gasteiger partial charge in [0.25, 0.3) is 0 Å². The van der Waals surface area contributed by atoms with Gasteiger partial charge in [-0.15, -0.1) is 12.6 Å². The van der Waals surface area contributed by atoms with E-state index in [0.717, 1.165) is 11.1 Å².